The molecule has 2 heterocycles. The van der Waals surface area contributed by atoms with Crippen LogP contribution in [-0.4, -0.2) is 50.5 Å². The Balaban J connectivity index is 1.69. The molecule has 0 bridgehead atoms. The zero-order chi connectivity index (χ0) is 14.7. The Bertz CT molecular complexity index is 481. The molecule has 0 radical (unpaired) electrons. The van der Waals surface area contributed by atoms with Crippen molar-refractivity contribution in [2.24, 2.45) is 5.73 Å². The first-order valence-electron chi connectivity index (χ1n) is 7.71. The van der Waals surface area contributed by atoms with E-state index in [9.17, 15) is 0 Å². The molecule has 1 saturated heterocycles. The molecule has 1 fully saturated rings. The lowest BCUT2D eigenvalue weighted by molar-refractivity contribution is -0.00281. The van der Waals surface area contributed by atoms with E-state index in [2.05, 4.69) is 11.8 Å². The van der Waals surface area contributed by atoms with Crippen LogP contribution in [-0.2, 0) is 4.74 Å². The summed E-state index contributed by atoms with van der Waals surface area (Å²) in [7, 11) is 0. The maximum atomic E-state index is 6.38. The van der Waals surface area contributed by atoms with E-state index in [0.717, 1.165) is 49.8 Å². The summed E-state index contributed by atoms with van der Waals surface area (Å²) in [4.78, 5) is 2.39. The van der Waals surface area contributed by atoms with Crippen LogP contribution < -0.4 is 15.2 Å². The molecule has 2 N–H and O–H groups in total. The van der Waals surface area contributed by atoms with Crippen molar-refractivity contribution in [3.8, 4) is 11.5 Å². The van der Waals surface area contributed by atoms with Crippen molar-refractivity contribution < 1.29 is 14.2 Å². The molecule has 21 heavy (non-hydrogen) atoms. The fourth-order valence-electron chi connectivity index (χ4n) is 2.80. The number of rotatable bonds is 3. The fraction of sp³-hybridized carbons (Fsp3) is 0.625. The fourth-order valence-corrected chi connectivity index (χ4v) is 2.80. The molecule has 2 atom stereocenters. The average molecular weight is 292 g/mol. The quantitative estimate of drug-likeness (QED) is 0.916. The first-order chi connectivity index (χ1) is 10.2. The highest BCUT2D eigenvalue weighted by Gasteiger charge is 2.22. The van der Waals surface area contributed by atoms with Crippen molar-refractivity contribution in [3.05, 3.63) is 23.8 Å². The van der Waals surface area contributed by atoms with Crippen molar-refractivity contribution in [2.45, 2.75) is 25.4 Å². The lowest BCUT2D eigenvalue weighted by Crippen LogP contribution is -2.46. The zero-order valence-electron chi connectivity index (χ0n) is 12.6. The minimum Gasteiger partial charge on any atom is -0.490 e. The van der Waals surface area contributed by atoms with Crippen LogP contribution in [0.25, 0.3) is 0 Å². The number of hydrogen-bond donors (Lipinski definition) is 1. The van der Waals surface area contributed by atoms with E-state index >= 15 is 0 Å². The van der Waals surface area contributed by atoms with Crippen LogP contribution in [0.4, 0.5) is 0 Å². The lowest BCUT2D eigenvalue weighted by atomic mass is 10.1. The minimum absolute atomic E-state index is 0.0253. The molecule has 2 aliphatic rings. The molecule has 116 valence electrons. The monoisotopic (exact) mass is 292 g/mol. The Hall–Kier alpha value is -1.30. The molecule has 2 unspecified atom stereocenters. The van der Waals surface area contributed by atoms with Gasteiger partial charge in [-0.25, -0.2) is 0 Å². The highest BCUT2D eigenvalue weighted by Crippen LogP contribution is 2.32. The summed E-state index contributed by atoms with van der Waals surface area (Å²) >= 11 is 0. The Morgan fingerprint density at radius 3 is 2.86 bits per heavy atom. The summed E-state index contributed by atoms with van der Waals surface area (Å²) in [5.41, 5.74) is 7.48. The largest absolute Gasteiger partial charge is 0.490 e. The van der Waals surface area contributed by atoms with Gasteiger partial charge in [0.05, 0.1) is 26.4 Å². The van der Waals surface area contributed by atoms with Gasteiger partial charge >= 0.3 is 0 Å². The third-order valence-electron chi connectivity index (χ3n) is 4.14. The topological polar surface area (TPSA) is 57.0 Å². The number of benzene rings is 1. The number of ether oxygens (including phenoxy) is 3. The second-order valence-electron chi connectivity index (χ2n) is 5.78. The molecule has 3 rings (SSSR count). The normalized spacial score (nSPS) is 24.4. The van der Waals surface area contributed by atoms with Crippen molar-refractivity contribution in [1.29, 1.82) is 0 Å². The summed E-state index contributed by atoms with van der Waals surface area (Å²) in [5, 5.41) is 0. The average Bonchev–Trinajstić information content (AvgIpc) is 2.74. The van der Waals surface area contributed by atoms with E-state index in [1.807, 2.05) is 18.2 Å². The first kappa shape index (κ1) is 14.6. The van der Waals surface area contributed by atoms with E-state index < -0.39 is 0 Å². The van der Waals surface area contributed by atoms with Crippen molar-refractivity contribution in [1.82, 2.24) is 4.90 Å². The van der Waals surface area contributed by atoms with Crippen molar-refractivity contribution in [3.63, 3.8) is 0 Å². The summed E-state index contributed by atoms with van der Waals surface area (Å²) < 4.78 is 16.9. The van der Waals surface area contributed by atoms with Crippen LogP contribution in [0.5, 0.6) is 11.5 Å². The minimum atomic E-state index is -0.0253. The third kappa shape index (κ3) is 3.48. The Labute approximate surface area is 126 Å². The van der Waals surface area contributed by atoms with E-state index in [1.54, 1.807) is 0 Å². The highest BCUT2D eigenvalue weighted by molar-refractivity contribution is 5.44. The Kier molecular flexibility index (Phi) is 4.63. The summed E-state index contributed by atoms with van der Waals surface area (Å²) in [6, 6.07) is 6.44. The van der Waals surface area contributed by atoms with Gasteiger partial charge < -0.3 is 19.9 Å². The van der Waals surface area contributed by atoms with Gasteiger partial charge in [-0.2, -0.15) is 0 Å². The molecule has 1 aromatic carbocycles. The van der Waals surface area contributed by atoms with Gasteiger partial charge in [0.15, 0.2) is 11.5 Å². The molecule has 5 nitrogen and oxygen atoms in total. The van der Waals surface area contributed by atoms with Gasteiger partial charge in [-0.15, -0.1) is 0 Å². The molecule has 0 aromatic heterocycles. The predicted octanol–water partition coefficient (Wildman–Crippen LogP) is 1.57. The van der Waals surface area contributed by atoms with E-state index in [-0.39, 0.29) is 6.04 Å². The molecule has 0 aliphatic carbocycles. The van der Waals surface area contributed by atoms with Gasteiger partial charge in [-0.1, -0.05) is 6.07 Å². The van der Waals surface area contributed by atoms with Crippen LogP contribution >= 0.6 is 0 Å². The summed E-state index contributed by atoms with van der Waals surface area (Å²) in [6.45, 7) is 6.95. The maximum absolute atomic E-state index is 6.38. The Morgan fingerprint density at radius 1 is 1.24 bits per heavy atom. The SMILES string of the molecule is CC1COCCN1CC(N)c1ccc2c(c1)OCCCO2. The van der Waals surface area contributed by atoms with Crippen molar-refractivity contribution >= 4 is 0 Å². The van der Waals surface area contributed by atoms with Crippen LogP contribution in [0, 0.1) is 0 Å². The van der Waals surface area contributed by atoms with Crippen molar-refractivity contribution in [2.75, 3.05) is 39.5 Å². The number of nitrogens with zero attached hydrogens (tertiary/aromatic N) is 1. The summed E-state index contributed by atoms with van der Waals surface area (Å²) in [5.74, 6) is 1.64. The number of morpholine rings is 1. The third-order valence-corrected chi connectivity index (χ3v) is 4.14. The molecule has 1 aromatic rings. The van der Waals surface area contributed by atoms with Crippen LogP contribution in [0.2, 0.25) is 0 Å². The van der Waals surface area contributed by atoms with Crippen LogP contribution in [0.3, 0.4) is 0 Å². The highest BCUT2D eigenvalue weighted by atomic mass is 16.5. The molecule has 5 heteroatoms. The molecular weight excluding hydrogens is 268 g/mol. The van der Waals surface area contributed by atoms with Crippen LogP contribution in [0.1, 0.15) is 24.9 Å². The number of nitrogens with two attached hydrogens (primary N) is 1. The van der Waals surface area contributed by atoms with Gasteiger partial charge in [0.25, 0.3) is 0 Å². The maximum Gasteiger partial charge on any atom is 0.161 e. The zero-order valence-corrected chi connectivity index (χ0v) is 12.6. The van der Waals surface area contributed by atoms with Gasteiger partial charge in [0, 0.05) is 31.6 Å². The second kappa shape index (κ2) is 6.64. The summed E-state index contributed by atoms with van der Waals surface area (Å²) in [6.07, 6.45) is 0.918. The molecule has 0 spiro atoms. The standard InChI is InChI=1S/C16H24N2O3/c1-12-11-19-8-5-18(12)10-14(17)13-3-4-15-16(9-13)21-7-2-6-20-15/h3-4,9,12,14H,2,5-8,10-11,17H2,1H3. The van der Waals surface area contributed by atoms with E-state index in [4.69, 9.17) is 19.9 Å². The predicted molar refractivity (Wildman–Crippen MR) is 80.8 cm³/mol. The van der Waals surface area contributed by atoms with E-state index in [0.29, 0.717) is 19.3 Å². The smallest absolute Gasteiger partial charge is 0.161 e. The van der Waals surface area contributed by atoms with Gasteiger partial charge in [-0.3, -0.25) is 4.90 Å². The molecule has 2 aliphatic heterocycles. The number of fused-ring (bicyclic) bond motifs is 1. The molecule has 0 amide bonds. The van der Waals surface area contributed by atoms with Gasteiger partial charge in [0.1, 0.15) is 0 Å². The van der Waals surface area contributed by atoms with Gasteiger partial charge in [-0.05, 0) is 24.6 Å². The first-order valence-corrected chi connectivity index (χ1v) is 7.71. The Morgan fingerprint density at radius 2 is 2.05 bits per heavy atom. The second-order valence-corrected chi connectivity index (χ2v) is 5.78. The lowest BCUT2D eigenvalue weighted by Gasteiger charge is -2.35. The van der Waals surface area contributed by atoms with Gasteiger partial charge in [0.2, 0.25) is 0 Å². The number of hydrogen-bond acceptors (Lipinski definition) is 5. The van der Waals surface area contributed by atoms with Crippen LogP contribution in [0.15, 0.2) is 18.2 Å². The molecular formula is C16H24N2O3. The molecule has 0 saturated carbocycles. The van der Waals surface area contributed by atoms with E-state index in [1.165, 1.54) is 0 Å².